The number of hydrogen-bond donors (Lipinski definition) is 1. The quantitative estimate of drug-likeness (QED) is 0.782. The Bertz CT molecular complexity index is 308. The molecule has 0 heterocycles. The molecular formula is C14H21NO. The largest absolute Gasteiger partial charge is 0.352 e. The summed E-state index contributed by atoms with van der Waals surface area (Å²) in [5, 5.41) is 3.00. The van der Waals surface area contributed by atoms with E-state index in [0.717, 1.165) is 24.8 Å². The van der Waals surface area contributed by atoms with Crippen LogP contribution in [0.1, 0.15) is 38.7 Å². The number of nitrogens with one attached hydrogen (secondary N) is 1. The van der Waals surface area contributed by atoms with E-state index >= 15 is 0 Å². The fraction of sp³-hybridized carbons (Fsp3) is 0.500. The minimum Gasteiger partial charge on any atom is -0.352 e. The number of benzene rings is 1. The van der Waals surface area contributed by atoms with Crippen molar-refractivity contribution in [3.63, 3.8) is 0 Å². The normalized spacial score (nSPS) is 12.1. The second-order valence-electron chi connectivity index (χ2n) is 4.10. The molecule has 0 aliphatic rings. The van der Waals surface area contributed by atoms with Gasteiger partial charge in [0.05, 0.1) is 0 Å². The summed E-state index contributed by atoms with van der Waals surface area (Å²) in [5.74, 6) is 0.363. The van der Waals surface area contributed by atoms with Crippen molar-refractivity contribution in [3.05, 3.63) is 35.9 Å². The van der Waals surface area contributed by atoms with Crippen LogP contribution < -0.4 is 5.32 Å². The van der Waals surface area contributed by atoms with Crippen LogP contribution in [0.4, 0.5) is 0 Å². The van der Waals surface area contributed by atoms with E-state index in [9.17, 15) is 4.79 Å². The van der Waals surface area contributed by atoms with Gasteiger partial charge in [0.1, 0.15) is 0 Å². The monoisotopic (exact) mass is 219 g/mol. The van der Waals surface area contributed by atoms with E-state index in [1.807, 2.05) is 30.3 Å². The van der Waals surface area contributed by atoms with Crippen molar-refractivity contribution in [1.82, 2.24) is 5.32 Å². The zero-order valence-corrected chi connectivity index (χ0v) is 10.2. The highest BCUT2D eigenvalue weighted by Crippen LogP contribution is 2.11. The molecule has 0 saturated heterocycles. The molecule has 88 valence electrons. The van der Waals surface area contributed by atoms with E-state index in [1.165, 1.54) is 0 Å². The number of rotatable bonds is 6. The summed E-state index contributed by atoms with van der Waals surface area (Å²) in [4.78, 5) is 11.8. The summed E-state index contributed by atoms with van der Waals surface area (Å²) in [6.07, 6.45) is 2.98. The summed E-state index contributed by atoms with van der Waals surface area (Å²) in [6.45, 7) is 4.83. The number of carbonyl (C=O) groups excluding carboxylic acids is 1. The predicted molar refractivity (Wildman–Crippen MR) is 67.0 cm³/mol. The summed E-state index contributed by atoms with van der Waals surface area (Å²) in [6, 6.07) is 10.0. The van der Waals surface area contributed by atoms with Gasteiger partial charge in [0.25, 0.3) is 0 Å². The van der Waals surface area contributed by atoms with Crippen molar-refractivity contribution in [3.8, 4) is 0 Å². The molecule has 0 bridgehead atoms. The van der Waals surface area contributed by atoms with Crippen LogP contribution in [0.15, 0.2) is 30.3 Å². The Balaban J connectivity index is 2.40. The fourth-order valence-electron chi connectivity index (χ4n) is 1.80. The average molecular weight is 219 g/mol. The molecular weight excluding hydrogens is 198 g/mol. The van der Waals surface area contributed by atoms with Gasteiger partial charge in [-0.2, -0.15) is 0 Å². The van der Waals surface area contributed by atoms with Crippen LogP contribution in [0.5, 0.6) is 0 Å². The van der Waals surface area contributed by atoms with Crippen LogP contribution in [0, 0.1) is 5.92 Å². The van der Waals surface area contributed by atoms with Crippen molar-refractivity contribution in [1.29, 1.82) is 0 Å². The van der Waals surface area contributed by atoms with Gasteiger partial charge in [0.15, 0.2) is 0 Å². The van der Waals surface area contributed by atoms with Gasteiger partial charge in [-0.05, 0) is 18.4 Å². The van der Waals surface area contributed by atoms with Crippen molar-refractivity contribution in [2.45, 2.75) is 39.7 Å². The topological polar surface area (TPSA) is 29.1 Å². The molecule has 0 aromatic heterocycles. The summed E-state index contributed by atoms with van der Waals surface area (Å²) in [5.41, 5.74) is 1.15. The highest BCUT2D eigenvalue weighted by Gasteiger charge is 2.14. The highest BCUT2D eigenvalue weighted by molar-refractivity contribution is 5.78. The van der Waals surface area contributed by atoms with Crippen LogP contribution in [-0.4, -0.2) is 5.91 Å². The molecule has 1 atom stereocenters. The molecule has 0 aliphatic heterocycles. The van der Waals surface area contributed by atoms with E-state index in [-0.39, 0.29) is 11.8 Å². The summed E-state index contributed by atoms with van der Waals surface area (Å²) < 4.78 is 0. The van der Waals surface area contributed by atoms with Gasteiger partial charge >= 0.3 is 0 Å². The first kappa shape index (κ1) is 12.8. The Labute approximate surface area is 98.1 Å². The van der Waals surface area contributed by atoms with E-state index in [4.69, 9.17) is 0 Å². The average Bonchev–Trinajstić information content (AvgIpc) is 2.34. The molecule has 16 heavy (non-hydrogen) atoms. The molecule has 1 aromatic carbocycles. The lowest BCUT2D eigenvalue weighted by molar-refractivity contribution is -0.125. The second kappa shape index (κ2) is 7.04. The highest BCUT2D eigenvalue weighted by atomic mass is 16.1. The number of hydrogen-bond acceptors (Lipinski definition) is 1. The molecule has 2 heteroatoms. The van der Waals surface area contributed by atoms with Crippen molar-refractivity contribution in [2.75, 3.05) is 0 Å². The van der Waals surface area contributed by atoms with Crippen LogP contribution >= 0.6 is 0 Å². The van der Waals surface area contributed by atoms with Crippen LogP contribution in [0.2, 0.25) is 0 Å². The van der Waals surface area contributed by atoms with Gasteiger partial charge in [-0.3, -0.25) is 4.79 Å². The van der Waals surface area contributed by atoms with E-state index in [0.29, 0.717) is 6.54 Å². The Morgan fingerprint density at radius 3 is 2.50 bits per heavy atom. The predicted octanol–water partition coefficient (Wildman–Crippen LogP) is 3.13. The zero-order chi connectivity index (χ0) is 11.8. The standard InChI is InChI=1S/C14H21NO/c1-3-8-13(4-2)14(16)15-11-12-9-6-5-7-10-12/h5-7,9-10,13H,3-4,8,11H2,1-2H3,(H,15,16)/t13-/m0/s1. The van der Waals surface area contributed by atoms with Gasteiger partial charge in [-0.15, -0.1) is 0 Å². The summed E-state index contributed by atoms with van der Waals surface area (Å²) in [7, 11) is 0. The molecule has 2 nitrogen and oxygen atoms in total. The molecule has 1 rings (SSSR count). The maximum atomic E-state index is 11.8. The Kier molecular flexibility index (Phi) is 5.62. The van der Waals surface area contributed by atoms with Crippen LogP contribution in [0.3, 0.4) is 0 Å². The summed E-state index contributed by atoms with van der Waals surface area (Å²) >= 11 is 0. The van der Waals surface area contributed by atoms with Crippen molar-refractivity contribution in [2.24, 2.45) is 5.92 Å². The number of amides is 1. The molecule has 1 N–H and O–H groups in total. The van der Waals surface area contributed by atoms with Crippen LogP contribution in [0.25, 0.3) is 0 Å². The molecule has 0 unspecified atom stereocenters. The second-order valence-corrected chi connectivity index (χ2v) is 4.10. The van der Waals surface area contributed by atoms with E-state index in [1.54, 1.807) is 0 Å². The first-order valence-corrected chi connectivity index (χ1v) is 6.09. The Morgan fingerprint density at radius 2 is 1.94 bits per heavy atom. The SMILES string of the molecule is CCC[C@H](CC)C(=O)NCc1ccccc1. The molecule has 0 fully saturated rings. The van der Waals surface area contributed by atoms with Crippen molar-refractivity contribution < 1.29 is 4.79 Å². The molecule has 0 aliphatic carbocycles. The van der Waals surface area contributed by atoms with E-state index < -0.39 is 0 Å². The molecule has 0 radical (unpaired) electrons. The third-order valence-electron chi connectivity index (χ3n) is 2.81. The third kappa shape index (κ3) is 4.05. The van der Waals surface area contributed by atoms with Gasteiger partial charge in [-0.1, -0.05) is 50.6 Å². The molecule has 1 amide bonds. The van der Waals surface area contributed by atoms with Gasteiger partial charge in [0.2, 0.25) is 5.91 Å². The minimum absolute atomic E-state index is 0.175. The lowest BCUT2D eigenvalue weighted by Crippen LogP contribution is -2.29. The van der Waals surface area contributed by atoms with Crippen molar-refractivity contribution >= 4 is 5.91 Å². The fourth-order valence-corrected chi connectivity index (χ4v) is 1.80. The van der Waals surface area contributed by atoms with Crippen LogP contribution in [-0.2, 0) is 11.3 Å². The lowest BCUT2D eigenvalue weighted by Gasteiger charge is -2.13. The Morgan fingerprint density at radius 1 is 1.25 bits per heavy atom. The molecule has 0 saturated carbocycles. The first-order valence-electron chi connectivity index (χ1n) is 6.09. The zero-order valence-electron chi connectivity index (χ0n) is 10.2. The van der Waals surface area contributed by atoms with Gasteiger partial charge in [-0.25, -0.2) is 0 Å². The number of carbonyl (C=O) groups is 1. The molecule has 1 aromatic rings. The third-order valence-corrected chi connectivity index (χ3v) is 2.81. The minimum atomic E-state index is 0.175. The van der Waals surface area contributed by atoms with E-state index in [2.05, 4.69) is 19.2 Å². The maximum absolute atomic E-state index is 11.8. The molecule has 0 spiro atoms. The van der Waals surface area contributed by atoms with Gasteiger partial charge < -0.3 is 5.32 Å². The van der Waals surface area contributed by atoms with Gasteiger partial charge in [0, 0.05) is 12.5 Å². The first-order chi connectivity index (χ1) is 7.77. The maximum Gasteiger partial charge on any atom is 0.223 e. The Hall–Kier alpha value is -1.31. The smallest absolute Gasteiger partial charge is 0.223 e. The lowest BCUT2D eigenvalue weighted by atomic mass is 10.00.